The van der Waals surface area contributed by atoms with Crippen LogP contribution in [0, 0.1) is 5.92 Å². The number of carboxylic acid groups (broad SMARTS) is 1. The number of benzene rings is 1. The van der Waals surface area contributed by atoms with Crippen LogP contribution in [-0.4, -0.2) is 35.6 Å². The van der Waals surface area contributed by atoms with E-state index >= 15 is 0 Å². The number of hydrogen-bond donors (Lipinski definition) is 1. The summed E-state index contributed by atoms with van der Waals surface area (Å²) in [6.45, 7) is 10.2. The predicted octanol–water partition coefficient (Wildman–Crippen LogP) is 4.78. The minimum Gasteiger partial charge on any atom is -0.481 e. The molecular weight excluding hydrogens is 286 g/mol. The summed E-state index contributed by atoms with van der Waals surface area (Å²) in [4.78, 5) is 12.2. The van der Waals surface area contributed by atoms with Crippen molar-refractivity contribution in [3.05, 3.63) is 35.9 Å². The molecule has 1 aromatic rings. The van der Waals surface area contributed by atoms with E-state index in [-0.39, 0.29) is 0 Å². The smallest absolute Gasteiger partial charge is 0.303 e. The van der Waals surface area contributed by atoms with Crippen molar-refractivity contribution in [1.29, 1.82) is 0 Å². The Bertz CT molecular complexity index is 433. The summed E-state index contributed by atoms with van der Waals surface area (Å²) in [6.07, 6.45) is 5.04. The van der Waals surface area contributed by atoms with Gasteiger partial charge in [-0.25, -0.2) is 0 Å². The zero-order chi connectivity index (χ0) is 17.1. The predicted molar refractivity (Wildman–Crippen MR) is 96.9 cm³/mol. The fourth-order valence-electron chi connectivity index (χ4n) is 3.38. The van der Waals surface area contributed by atoms with Gasteiger partial charge in [0.15, 0.2) is 0 Å². The van der Waals surface area contributed by atoms with Crippen molar-refractivity contribution in [1.82, 2.24) is 4.90 Å². The lowest BCUT2D eigenvalue weighted by Crippen LogP contribution is -2.22. The Hall–Kier alpha value is -1.35. The largest absolute Gasteiger partial charge is 0.481 e. The standard InChI is InChI=1S/C16H25N.C4H8O2/c1-3-8-16(14-9-6-5-7-10-14)15-11-12-17(4-2)13-15;1-2-3-4(5)6/h5-7,9-10,15-16H,3-4,8,11-13H2,1-2H3;2-3H2,1H3,(H,5,6). The number of rotatable bonds is 7. The summed E-state index contributed by atoms with van der Waals surface area (Å²) in [6, 6.07) is 11.1. The normalized spacial score (nSPS) is 19.0. The van der Waals surface area contributed by atoms with E-state index in [0.717, 1.165) is 18.3 Å². The first-order chi connectivity index (χ1) is 11.1. The van der Waals surface area contributed by atoms with E-state index in [0.29, 0.717) is 6.42 Å². The lowest BCUT2D eigenvalue weighted by atomic mass is 9.82. The van der Waals surface area contributed by atoms with Crippen molar-refractivity contribution >= 4 is 5.97 Å². The van der Waals surface area contributed by atoms with Crippen LogP contribution in [-0.2, 0) is 4.79 Å². The first kappa shape index (κ1) is 19.7. The van der Waals surface area contributed by atoms with Crippen molar-refractivity contribution in [2.24, 2.45) is 5.92 Å². The van der Waals surface area contributed by atoms with Crippen LogP contribution in [0.4, 0.5) is 0 Å². The Morgan fingerprint density at radius 3 is 2.35 bits per heavy atom. The molecule has 1 N–H and O–H groups in total. The number of carboxylic acids is 1. The van der Waals surface area contributed by atoms with E-state index in [9.17, 15) is 4.79 Å². The number of carbonyl (C=O) groups is 1. The molecule has 0 aromatic heterocycles. The lowest BCUT2D eigenvalue weighted by Gasteiger charge is -2.24. The molecule has 1 fully saturated rings. The second kappa shape index (κ2) is 11.2. The molecule has 2 unspecified atom stereocenters. The van der Waals surface area contributed by atoms with E-state index in [1.54, 1.807) is 5.56 Å². The van der Waals surface area contributed by atoms with E-state index in [1.807, 2.05) is 6.92 Å². The molecule has 0 radical (unpaired) electrons. The number of nitrogens with zero attached hydrogens (tertiary/aromatic N) is 1. The van der Waals surface area contributed by atoms with Crippen LogP contribution in [0.3, 0.4) is 0 Å². The molecule has 0 saturated carbocycles. The van der Waals surface area contributed by atoms with Crippen LogP contribution < -0.4 is 0 Å². The quantitative estimate of drug-likeness (QED) is 0.786. The van der Waals surface area contributed by atoms with E-state index in [4.69, 9.17) is 5.11 Å². The Labute approximate surface area is 141 Å². The molecule has 3 heteroatoms. The van der Waals surface area contributed by atoms with Crippen LogP contribution >= 0.6 is 0 Å². The van der Waals surface area contributed by atoms with Crippen molar-refractivity contribution in [3.63, 3.8) is 0 Å². The van der Waals surface area contributed by atoms with Gasteiger partial charge in [0.1, 0.15) is 0 Å². The third-order valence-corrected chi connectivity index (χ3v) is 4.62. The first-order valence-electron chi connectivity index (χ1n) is 9.11. The zero-order valence-corrected chi connectivity index (χ0v) is 15.0. The third kappa shape index (κ3) is 7.17. The molecule has 1 saturated heterocycles. The number of hydrogen-bond acceptors (Lipinski definition) is 2. The van der Waals surface area contributed by atoms with Gasteiger partial charge in [0, 0.05) is 13.0 Å². The Morgan fingerprint density at radius 1 is 1.22 bits per heavy atom. The molecule has 2 rings (SSSR count). The lowest BCUT2D eigenvalue weighted by molar-refractivity contribution is -0.137. The molecule has 0 amide bonds. The van der Waals surface area contributed by atoms with Crippen LogP contribution in [0.15, 0.2) is 30.3 Å². The molecule has 0 bridgehead atoms. The van der Waals surface area contributed by atoms with Gasteiger partial charge in [0.25, 0.3) is 0 Å². The molecule has 1 heterocycles. The maximum atomic E-state index is 9.60. The second-order valence-electron chi connectivity index (χ2n) is 6.39. The van der Waals surface area contributed by atoms with E-state index in [1.165, 1.54) is 38.9 Å². The SMILES string of the molecule is CCCC(=O)O.CCCC(c1ccccc1)C1CCN(CC)C1. The third-order valence-electron chi connectivity index (χ3n) is 4.62. The van der Waals surface area contributed by atoms with Crippen LogP contribution in [0.25, 0.3) is 0 Å². The highest BCUT2D eigenvalue weighted by atomic mass is 16.4. The molecule has 1 aliphatic heterocycles. The van der Waals surface area contributed by atoms with Gasteiger partial charge in [-0.05, 0) is 49.8 Å². The second-order valence-corrected chi connectivity index (χ2v) is 6.39. The van der Waals surface area contributed by atoms with Crippen LogP contribution in [0.1, 0.15) is 64.4 Å². The van der Waals surface area contributed by atoms with Gasteiger partial charge in [0.05, 0.1) is 0 Å². The Balaban J connectivity index is 0.000000379. The average molecular weight is 319 g/mol. The Morgan fingerprint density at radius 2 is 1.91 bits per heavy atom. The first-order valence-corrected chi connectivity index (χ1v) is 9.11. The van der Waals surface area contributed by atoms with Crippen molar-refractivity contribution in [2.75, 3.05) is 19.6 Å². The Kier molecular flexibility index (Phi) is 9.61. The van der Waals surface area contributed by atoms with Gasteiger partial charge in [-0.15, -0.1) is 0 Å². The minimum atomic E-state index is -0.711. The van der Waals surface area contributed by atoms with Gasteiger partial charge in [-0.3, -0.25) is 4.79 Å². The zero-order valence-electron chi connectivity index (χ0n) is 15.0. The molecule has 3 nitrogen and oxygen atoms in total. The highest BCUT2D eigenvalue weighted by Gasteiger charge is 2.28. The molecule has 1 aliphatic rings. The number of aliphatic carboxylic acids is 1. The van der Waals surface area contributed by atoms with Gasteiger partial charge < -0.3 is 10.0 Å². The van der Waals surface area contributed by atoms with Gasteiger partial charge in [-0.2, -0.15) is 0 Å². The maximum Gasteiger partial charge on any atom is 0.303 e. The summed E-state index contributed by atoms with van der Waals surface area (Å²) < 4.78 is 0. The van der Waals surface area contributed by atoms with E-state index in [2.05, 4.69) is 49.1 Å². The fourth-order valence-corrected chi connectivity index (χ4v) is 3.38. The van der Waals surface area contributed by atoms with Crippen molar-refractivity contribution in [2.45, 2.75) is 58.8 Å². The van der Waals surface area contributed by atoms with Crippen LogP contribution in [0.5, 0.6) is 0 Å². The molecule has 2 atom stereocenters. The molecule has 23 heavy (non-hydrogen) atoms. The van der Waals surface area contributed by atoms with E-state index < -0.39 is 5.97 Å². The van der Waals surface area contributed by atoms with Gasteiger partial charge >= 0.3 is 5.97 Å². The average Bonchev–Trinajstić information content (AvgIpc) is 3.02. The minimum absolute atomic E-state index is 0.292. The topological polar surface area (TPSA) is 40.5 Å². The maximum absolute atomic E-state index is 9.60. The fraction of sp³-hybridized carbons (Fsp3) is 0.650. The highest BCUT2D eigenvalue weighted by molar-refractivity contribution is 5.66. The van der Waals surface area contributed by atoms with Crippen molar-refractivity contribution in [3.8, 4) is 0 Å². The molecular formula is C20H33NO2. The highest BCUT2D eigenvalue weighted by Crippen LogP contribution is 2.35. The molecule has 0 aliphatic carbocycles. The summed E-state index contributed by atoms with van der Waals surface area (Å²) >= 11 is 0. The molecule has 1 aromatic carbocycles. The summed E-state index contributed by atoms with van der Waals surface area (Å²) in [5.74, 6) is 0.938. The number of likely N-dealkylation sites (tertiary alicyclic amines) is 1. The van der Waals surface area contributed by atoms with Crippen molar-refractivity contribution < 1.29 is 9.90 Å². The van der Waals surface area contributed by atoms with Gasteiger partial charge in [-0.1, -0.05) is 57.5 Å². The monoisotopic (exact) mass is 319 g/mol. The molecule has 0 spiro atoms. The summed E-state index contributed by atoms with van der Waals surface area (Å²) in [5.41, 5.74) is 1.55. The summed E-state index contributed by atoms with van der Waals surface area (Å²) in [7, 11) is 0. The van der Waals surface area contributed by atoms with Crippen LogP contribution in [0.2, 0.25) is 0 Å². The summed E-state index contributed by atoms with van der Waals surface area (Å²) in [5, 5.41) is 7.91. The molecule has 130 valence electrons. The van der Waals surface area contributed by atoms with Gasteiger partial charge in [0.2, 0.25) is 0 Å².